The largest absolute Gasteiger partial charge is 0.444 e. The van der Waals surface area contributed by atoms with Gasteiger partial charge < -0.3 is 26.0 Å². The van der Waals surface area contributed by atoms with E-state index in [-0.39, 0.29) is 12.6 Å². The summed E-state index contributed by atoms with van der Waals surface area (Å²) in [5.41, 5.74) is 6.84. The Morgan fingerprint density at radius 2 is 1.68 bits per heavy atom. The molecule has 0 aliphatic heterocycles. The molecule has 9 nitrogen and oxygen atoms in total. The van der Waals surface area contributed by atoms with E-state index in [2.05, 4.69) is 17.2 Å². The normalized spacial score (nSPS) is 12.9. The third-order valence-corrected chi connectivity index (χ3v) is 4.81. The lowest BCUT2D eigenvalue weighted by molar-refractivity contribution is -0.143. The highest BCUT2D eigenvalue weighted by Gasteiger charge is 2.37. The first-order valence-corrected chi connectivity index (χ1v) is 11.2. The molecule has 0 radical (unpaired) electrons. The highest BCUT2D eigenvalue weighted by atomic mass is 16.6. The molecule has 2 atom stereocenters. The number of carbonyl (C=O) groups excluding carboxylic acids is 4. The van der Waals surface area contributed by atoms with E-state index >= 15 is 0 Å². The number of nitrogens with zero attached hydrogens (tertiary/aromatic N) is 1. The van der Waals surface area contributed by atoms with Gasteiger partial charge in [-0.1, -0.05) is 24.3 Å². The number of benzene rings is 1. The molecule has 1 rings (SSSR count). The fourth-order valence-corrected chi connectivity index (χ4v) is 3.56. The molecular formula is C25H38N4O5. The molecule has 0 spiro atoms. The molecule has 9 heteroatoms. The van der Waals surface area contributed by atoms with Gasteiger partial charge in [0.25, 0.3) is 0 Å². The summed E-state index contributed by atoms with van der Waals surface area (Å²) in [7, 11) is 0. The molecule has 1 aromatic carbocycles. The van der Waals surface area contributed by atoms with Crippen LogP contribution in [-0.4, -0.2) is 52.9 Å². The number of nitrogens with one attached hydrogen (secondary N) is 2. The molecule has 0 bridgehead atoms. The first-order chi connectivity index (χ1) is 15.7. The Hall–Kier alpha value is -3.36. The summed E-state index contributed by atoms with van der Waals surface area (Å²) >= 11 is 0. The lowest BCUT2D eigenvalue weighted by Crippen LogP contribution is -2.54. The lowest BCUT2D eigenvalue weighted by atomic mass is 9.93. The summed E-state index contributed by atoms with van der Waals surface area (Å²) in [4.78, 5) is 52.6. The maximum Gasteiger partial charge on any atom is 0.408 e. The van der Waals surface area contributed by atoms with Crippen molar-refractivity contribution in [2.45, 2.75) is 78.6 Å². The highest BCUT2D eigenvalue weighted by Crippen LogP contribution is 2.29. The van der Waals surface area contributed by atoms with Crippen LogP contribution in [0.2, 0.25) is 0 Å². The van der Waals surface area contributed by atoms with E-state index < -0.39 is 47.9 Å². The Balaban J connectivity index is 3.54. The van der Waals surface area contributed by atoms with Gasteiger partial charge in [0.2, 0.25) is 17.7 Å². The molecule has 2 unspecified atom stereocenters. The second-order valence-electron chi connectivity index (χ2n) is 9.52. The van der Waals surface area contributed by atoms with Crippen molar-refractivity contribution in [3.8, 4) is 0 Å². The zero-order valence-electron chi connectivity index (χ0n) is 21.2. The summed E-state index contributed by atoms with van der Waals surface area (Å²) in [5, 5.41) is 5.31. The Bertz CT molecular complexity index is 900. The molecule has 4 N–H and O–H groups in total. The smallest absolute Gasteiger partial charge is 0.408 e. The second kappa shape index (κ2) is 12.2. The van der Waals surface area contributed by atoms with Gasteiger partial charge in [-0.2, -0.15) is 0 Å². The van der Waals surface area contributed by atoms with Crippen LogP contribution < -0.4 is 16.4 Å². The van der Waals surface area contributed by atoms with E-state index in [0.717, 1.165) is 11.1 Å². The maximum absolute atomic E-state index is 13.7. The van der Waals surface area contributed by atoms with Crippen molar-refractivity contribution in [1.82, 2.24) is 15.5 Å². The van der Waals surface area contributed by atoms with Gasteiger partial charge >= 0.3 is 6.09 Å². The third kappa shape index (κ3) is 8.53. The van der Waals surface area contributed by atoms with Crippen LogP contribution in [0.1, 0.15) is 63.8 Å². The van der Waals surface area contributed by atoms with Crippen molar-refractivity contribution >= 4 is 23.8 Å². The Labute approximate surface area is 202 Å². The van der Waals surface area contributed by atoms with Gasteiger partial charge in [0.1, 0.15) is 17.7 Å². The molecule has 34 heavy (non-hydrogen) atoms. The van der Waals surface area contributed by atoms with Crippen molar-refractivity contribution in [3.63, 3.8) is 0 Å². The standard InChI is InChI=1S/C25H38N4O5/c1-9-13-29(23(32)18(14-19(26)30)28-24(33)34-25(6,7)8)21(22(31)27-15(2)3)20-16(4)11-10-12-17(20)5/h9-12,15,18,21H,1,13-14H2,2-8H3,(H2,26,30)(H,27,31)(H,28,33). The molecule has 0 saturated carbocycles. The summed E-state index contributed by atoms with van der Waals surface area (Å²) in [6.07, 6.45) is 0.147. The predicted octanol–water partition coefficient (Wildman–Crippen LogP) is 2.65. The van der Waals surface area contributed by atoms with Gasteiger partial charge in [0.15, 0.2) is 0 Å². The van der Waals surface area contributed by atoms with Crippen molar-refractivity contribution < 1.29 is 23.9 Å². The van der Waals surface area contributed by atoms with Crippen LogP contribution in [0.15, 0.2) is 30.9 Å². The third-order valence-electron chi connectivity index (χ3n) is 4.81. The number of hydrogen-bond donors (Lipinski definition) is 3. The van der Waals surface area contributed by atoms with E-state index in [4.69, 9.17) is 10.5 Å². The predicted molar refractivity (Wildman–Crippen MR) is 131 cm³/mol. The number of alkyl carbamates (subject to hydrolysis) is 1. The topological polar surface area (TPSA) is 131 Å². The van der Waals surface area contributed by atoms with Crippen LogP contribution in [-0.2, 0) is 19.1 Å². The van der Waals surface area contributed by atoms with Crippen molar-refractivity contribution in [2.24, 2.45) is 5.73 Å². The highest BCUT2D eigenvalue weighted by molar-refractivity contribution is 5.95. The Morgan fingerprint density at radius 1 is 1.12 bits per heavy atom. The monoisotopic (exact) mass is 474 g/mol. The summed E-state index contributed by atoms with van der Waals surface area (Å²) in [5.74, 6) is -1.84. The van der Waals surface area contributed by atoms with Gasteiger partial charge in [0.05, 0.1) is 6.42 Å². The maximum atomic E-state index is 13.7. The van der Waals surface area contributed by atoms with Crippen LogP contribution in [0.5, 0.6) is 0 Å². The number of primary amides is 1. The summed E-state index contributed by atoms with van der Waals surface area (Å²) < 4.78 is 5.25. The van der Waals surface area contributed by atoms with E-state index in [9.17, 15) is 19.2 Å². The minimum atomic E-state index is -1.33. The Kier molecular flexibility index (Phi) is 10.3. The van der Waals surface area contributed by atoms with Gasteiger partial charge in [-0.3, -0.25) is 14.4 Å². The molecule has 1 aromatic rings. The first-order valence-electron chi connectivity index (χ1n) is 11.2. The zero-order chi connectivity index (χ0) is 26.2. The minimum absolute atomic E-state index is 0.00590. The average molecular weight is 475 g/mol. The SMILES string of the molecule is C=CCN(C(=O)C(CC(N)=O)NC(=O)OC(C)(C)C)C(C(=O)NC(C)C)c1c(C)cccc1C. The van der Waals surface area contributed by atoms with Crippen LogP contribution in [0.25, 0.3) is 0 Å². The van der Waals surface area contributed by atoms with E-state index in [1.54, 1.807) is 20.8 Å². The first kappa shape index (κ1) is 28.7. The second-order valence-corrected chi connectivity index (χ2v) is 9.52. The molecule has 0 saturated heterocycles. The van der Waals surface area contributed by atoms with Gasteiger partial charge in [0, 0.05) is 12.6 Å². The molecular weight excluding hydrogens is 436 g/mol. The van der Waals surface area contributed by atoms with E-state index in [0.29, 0.717) is 5.56 Å². The number of ether oxygens (including phenoxy) is 1. The number of amides is 4. The number of carbonyl (C=O) groups is 4. The molecule has 0 aliphatic carbocycles. The molecule has 0 fully saturated rings. The molecule has 188 valence electrons. The van der Waals surface area contributed by atoms with Crippen LogP contribution in [0.3, 0.4) is 0 Å². The molecule has 0 heterocycles. The Morgan fingerprint density at radius 3 is 2.12 bits per heavy atom. The average Bonchev–Trinajstić information content (AvgIpc) is 2.66. The van der Waals surface area contributed by atoms with Crippen molar-refractivity contribution in [1.29, 1.82) is 0 Å². The fraction of sp³-hybridized carbons (Fsp3) is 0.520. The number of rotatable bonds is 10. The summed E-state index contributed by atoms with van der Waals surface area (Å²) in [6.45, 7) is 16.1. The van der Waals surface area contributed by atoms with Gasteiger partial charge in [-0.25, -0.2) is 4.79 Å². The van der Waals surface area contributed by atoms with E-state index in [1.165, 1.54) is 11.0 Å². The van der Waals surface area contributed by atoms with Crippen LogP contribution in [0, 0.1) is 13.8 Å². The zero-order valence-corrected chi connectivity index (χ0v) is 21.2. The number of nitrogens with two attached hydrogens (primary N) is 1. The molecule has 0 aromatic heterocycles. The van der Waals surface area contributed by atoms with E-state index in [1.807, 2.05) is 45.9 Å². The molecule has 0 aliphatic rings. The molecule has 4 amide bonds. The summed E-state index contributed by atoms with van der Waals surface area (Å²) in [6, 6.07) is 3.05. The van der Waals surface area contributed by atoms with Crippen molar-refractivity contribution in [3.05, 3.63) is 47.5 Å². The van der Waals surface area contributed by atoms with Crippen LogP contribution >= 0.6 is 0 Å². The van der Waals surface area contributed by atoms with Gasteiger partial charge in [-0.05, 0) is 65.2 Å². The number of hydrogen-bond acceptors (Lipinski definition) is 5. The minimum Gasteiger partial charge on any atom is -0.444 e. The quantitative estimate of drug-likeness (QED) is 0.449. The van der Waals surface area contributed by atoms with Gasteiger partial charge in [-0.15, -0.1) is 6.58 Å². The number of aryl methyl sites for hydroxylation is 2. The fourth-order valence-electron chi connectivity index (χ4n) is 3.56. The van der Waals surface area contributed by atoms with Crippen LogP contribution in [0.4, 0.5) is 4.79 Å². The van der Waals surface area contributed by atoms with Crippen molar-refractivity contribution in [2.75, 3.05) is 6.54 Å². The lowest BCUT2D eigenvalue weighted by Gasteiger charge is -2.35.